The Bertz CT molecular complexity index is 303. The van der Waals surface area contributed by atoms with Gasteiger partial charge in [-0.25, -0.2) is 0 Å². The molecule has 1 rings (SSSR count). The molecular weight excluding hydrogens is 221 g/mol. The Hall–Kier alpha value is -0.540. The van der Waals surface area contributed by atoms with Gasteiger partial charge in [0.15, 0.2) is 0 Å². The molecule has 0 heterocycles. The molecule has 90 valence electrons. The molecular formula is C13H20FNS. The average Bonchev–Trinajstić information content (AvgIpc) is 2.24. The zero-order valence-corrected chi connectivity index (χ0v) is 11.0. The molecule has 0 spiro atoms. The lowest BCUT2D eigenvalue weighted by Crippen LogP contribution is -2.35. The summed E-state index contributed by atoms with van der Waals surface area (Å²) in [5, 5.41) is 3.43. The number of halogens is 1. The Labute approximate surface area is 102 Å². The lowest BCUT2D eigenvalue weighted by Gasteiger charge is -2.20. The van der Waals surface area contributed by atoms with Gasteiger partial charge in [0, 0.05) is 22.7 Å². The molecule has 0 aliphatic heterocycles. The Kier molecular flexibility index (Phi) is 5.29. The van der Waals surface area contributed by atoms with Crippen LogP contribution >= 0.6 is 11.8 Å². The van der Waals surface area contributed by atoms with E-state index in [1.165, 1.54) is 5.56 Å². The second-order valence-corrected chi connectivity index (χ2v) is 5.95. The van der Waals surface area contributed by atoms with E-state index in [2.05, 4.69) is 50.4 Å². The molecule has 0 aromatic heterocycles. The first kappa shape index (κ1) is 13.5. The van der Waals surface area contributed by atoms with Gasteiger partial charge in [0.1, 0.15) is 0 Å². The molecule has 1 aromatic carbocycles. The summed E-state index contributed by atoms with van der Waals surface area (Å²) in [5.74, 6) is 0.541. The molecule has 0 amide bonds. The zero-order valence-electron chi connectivity index (χ0n) is 10.2. The van der Waals surface area contributed by atoms with Gasteiger partial charge in [0.2, 0.25) is 0 Å². The SMILES string of the molecule is CC(C)(C)NCc1ccc(SCCF)cc1. The molecule has 1 aromatic rings. The third-order valence-corrected chi connectivity index (χ3v) is 3.06. The predicted octanol–water partition coefficient (Wildman–Crippen LogP) is 3.64. The first-order valence-corrected chi connectivity index (χ1v) is 6.52. The van der Waals surface area contributed by atoms with Crippen LogP contribution in [0.4, 0.5) is 4.39 Å². The minimum Gasteiger partial charge on any atom is -0.308 e. The van der Waals surface area contributed by atoms with Crippen LogP contribution in [0.1, 0.15) is 26.3 Å². The van der Waals surface area contributed by atoms with Gasteiger partial charge in [-0.1, -0.05) is 12.1 Å². The molecule has 0 aliphatic carbocycles. The Morgan fingerprint density at radius 3 is 2.31 bits per heavy atom. The van der Waals surface area contributed by atoms with E-state index in [0.717, 1.165) is 11.4 Å². The second kappa shape index (κ2) is 6.26. The van der Waals surface area contributed by atoms with Crippen LogP contribution in [0.15, 0.2) is 29.2 Å². The molecule has 1 nitrogen and oxygen atoms in total. The van der Waals surface area contributed by atoms with Crippen LogP contribution < -0.4 is 5.32 Å². The molecule has 0 aliphatic rings. The summed E-state index contributed by atoms with van der Waals surface area (Å²) in [6.07, 6.45) is 0. The minimum absolute atomic E-state index is 0.141. The van der Waals surface area contributed by atoms with Gasteiger partial charge in [-0.05, 0) is 38.5 Å². The van der Waals surface area contributed by atoms with Crippen molar-refractivity contribution in [3.8, 4) is 0 Å². The summed E-state index contributed by atoms with van der Waals surface area (Å²) in [7, 11) is 0. The van der Waals surface area contributed by atoms with Gasteiger partial charge >= 0.3 is 0 Å². The first-order chi connectivity index (χ1) is 7.51. The highest BCUT2D eigenvalue weighted by Crippen LogP contribution is 2.18. The summed E-state index contributed by atoms with van der Waals surface area (Å²) in [4.78, 5) is 1.14. The number of rotatable bonds is 5. The summed E-state index contributed by atoms with van der Waals surface area (Å²) >= 11 is 1.56. The molecule has 0 bridgehead atoms. The van der Waals surface area contributed by atoms with Crippen LogP contribution in [0.3, 0.4) is 0 Å². The highest BCUT2D eigenvalue weighted by molar-refractivity contribution is 7.99. The maximum atomic E-state index is 12.0. The van der Waals surface area contributed by atoms with Crippen LogP contribution in [-0.2, 0) is 6.54 Å². The van der Waals surface area contributed by atoms with E-state index in [1.54, 1.807) is 11.8 Å². The lowest BCUT2D eigenvalue weighted by atomic mass is 10.1. The fraction of sp³-hybridized carbons (Fsp3) is 0.538. The van der Waals surface area contributed by atoms with Crippen LogP contribution in [-0.4, -0.2) is 18.0 Å². The molecule has 3 heteroatoms. The van der Waals surface area contributed by atoms with Crippen molar-refractivity contribution in [1.82, 2.24) is 5.32 Å². The number of nitrogens with one attached hydrogen (secondary N) is 1. The number of hydrogen-bond donors (Lipinski definition) is 1. The van der Waals surface area contributed by atoms with Crippen molar-refractivity contribution in [3.63, 3.8) is 0 Å². The Morgan fingerprint density at radius 1 is 1.19 bits per heavy atom. The monoisotopic (exact) mass is 241 g/mol. The van der Waals surface area contributed by atoms with Crippen molar-refractivity contribution in [3.05, 3.63) is 29.8 Å². The van der Waals surface area contributed by atoms with E-state index < -0.39 is 0 Å². The van der Waals surface area contributed by atoms with Gasteiger partial charge < -0.3 is 5.32 Å². The van der Waals surface area contributed by atoms with E-state index in [-0.39, 0.29) is 12.2 Å². The zero-order chi connectivity index (χ0) is 12.0. The summed E-state index contributed by atoms with van der Waals surface area (Å²) < 4.78 is 12.0. The van der Waals surface area contributed by atoms with Crippen LogP contribution in [0.2, 0.25) is 0 Å². The molecule has 0 saturated carbocycles. The number of benzene rings is 1. The molecule has 0 atom stereocenters. The smallest absolute Gasteiger partial charge is 0.0988 e. The minimum atomic E-state index is -0.266. The average molecular weight is 241 g/mol. The van der Waals surface area contributed by atoms with Gasteiger partial charge in [0.05, 0.1) is 6.67 Å². The number of alkyl halides is 1. The van der Waals surface area contributed by atoms with Crippen molar-refractivity contribution in [2.75, 3.05) is 12.4 Å². The van der Waals surface area contributed by atoms with E-state index in [4.69, 9.17) is 0 Å². The van der Waals surface area contributed by atoms with Crippen molar-refractivity contribution >= 4 is 11.8 Å². The van der Waals surface area contributed by atoms with Gasteiger partial charge in [-0.3, -0.25) is 4.39 Å². The third-order valence-electron chi connectivity index (χ3n) is 2.09. The van der Waals surface area contributed by atoms with E-state index in [9.17, 15) is 4.39 Å². The number of thioether (sulfide) groups is 1. The van der Waals surface area contributed by atoms with Crippen LogP contribution in [0, 0.1) is 0 Å². The quantitative estimate of drug-likeness (QED) is 0.790. The van der Waals surface area contributed by atoms with E-state index in [0.29, 0.717) is 5.75 Å². The van der Waals surface area contributed by atoms with Crippen molar-refractivity contribution in [1.29, 1.82) is 0 Å². The maximum absolute atomic E-state index is 12.0. The third kappa shape index (κ3) is 5.52. The van der Waals surface area contributed by atoms with Gasteiger partial charge in [-0.15, -0.1) is 11.8 Å². The molecule has 16 heavy (non-hydrogen) atoms. The summed E-state index contributed by atoms with van der Waals surface area (Å²) in [6, 6.07) is 8.30. The largest absolute Gasteiger partial charge is 0.308 e. The second-order valence-electron chi connectivity index (χ2n) is 4.78. The van der Waals surface area contributed by atoms with E-state index >= 15 is 0 Å². The van der Waals surface area contributed by atoms with E-state index in [1.807, 2.05) is 0 Å². The van der Waals surface area contributed by atoms with Gasteiger partial charge in [0.25, 0.3) is 0 Å². The lowest BCUT2D eigenvalue weighted by molar-refractivity contribution is 0.424. The topological polar surface area (TPSA) is 12.0 Å². The Balaban J connectivity index is 2.45. The van der Waals surface area contributed by atoms with Crippen molar-refractivity contribution in [2.45, 2.75) is 37.8 Å². The maximum Gasteiger partial charge on any atom is 0.0988 e. The molecule has 0 radical (unpaired) electrons. The molecule has 0 unspecified atom stereocenters. The molecule has 0 saturated heterocycles. The molecule has 0 fully saturated rings. The first-order valence-electron chi connectivity index (χ1n) is 5.54. The predicted molar refractivity (Wildman–Crippen MR) is 69.7 cm³/mol. The van der Waals surface area contributed by atoms with Crippen LogP contribution in [0.5, 0.6) is 0 Å². The summed E-state index contributed by atoms with van der Waals surface area (Å²) in [6.45, 7) is 7.06. The highest BCUT2D eigenvalue weighted by Gasteiger charge is 2.07. The van der Waals surface area contributed by atoms with Gasteiger partial charge in [-0.2, -0.15) is 0 Å². The molecule has 1 N–H and O–H groups in total. The fourth-order valence-electron chi connectivity index (χ4n) is 1.23. The normalized spacial score (nSPS) is 11.8. The van der Waals surface area contributed by atoms with Crippen molar-refractivity contribution < 1.29 is 4.39 Å². The number of hydrogen-bond acceptors (Lipinski definition) is 2. The van der Waals surface area contributed by atoms with Crippen molar-refractivity contribution in [2.24, 2.45) is 0 Å². The van der Waals surface area contributed by atoms with Crippen LogP contribution in [0.25, 0.3) is 0 Å². The highest BCUT2D eigenvalue weighted by atomic mass is 32.2. The standard InChI is InChI=1S/C13H20FNS/c1-13(2,3)15-10-11-4-6-12(7-5-11)16-9-8-14/h4-7,15H,8-10H2,1-3H3. The summed E-state index contributed by atoms with van der Waals surface area (Å²) in [5.41, 5.74) is 1.40. The Morgan fingerprint density at radius 2 is 1.81 bits per heavy atom. The fourth-order valence-corrected chi connectivity index (χ4v) is 1.87.